The lowest BCUT2D eigenvalue weighted by Gasteiger charge is -2.03. The average Bonchev–Trinajstić information content (AvgIpc) is 2.93. The van der Waals surface area contributed by atoms with Crippen molar-refractivity contribution in [1.82, 2.24) is 15.0 Å². The number of aryl methyl sites for hydroxylation is 1. The molecule has 0 unspecified atom stereocenters. The zero-order valence-electron chi connectivity index (χ0n) is 9.58. The second kappa shape index (κ2) is 3.96. The van der Waals surface area contributed by atoms with Gasteiger partial charge in [-0.1, -0.05) is 23.4 Å². The Balaban J connectivity index is 1.70. The summed E-state index contributed by atoms with van der Waals surface area (Å²) in [5, 5.41) is 18.0. The highest BCUT2D eigenvalue weighted by Gasteiger charge is 2.39. The van der Waals surface area contributed by atoms with Crippen molar-refractivity contribution in [2.24, 2.45) is 0 Å². The van der Waals surface area contributed by atoms with Gasteiger partial charge >= 0.3 is 0 Å². The molecule has 0 saturated heterocycles. The molecule has 0 spiro atoms. The van der Waals surface area contributed by atoms with Crippen LogP contribution in [0, 0.1) is 0 Å². The molecule has 1 saturated carbocycles. The van der Waals surface area contributed by atoms with E-state index in [1.165, 1.54) is 0 Å². The maximum Gasteiger partial charge on any atom is 0.0832 e. The fourth-order valence-corrected chi connectivity index (χ4v) is 1.87. The maximum atomic E-state index is 9.76. The van der Waals surface area contributed by atoms with Crippen LogP contribution in [0.25, 0.3) is 5.69 Å². The van der Waals surface area contributed by atoms with Crippen LogP contribution in [0.15, 0.2) is 36.5 Å². The Morgan fingerprint density at radius 3 is 2.71 bits per heavy atom. The Morgan fingerprint density at radius 2 is 2.00 bits per heavy atom. The van der Waals surface area contributed by atoms with E-state index in [0.29, 0.717) is 0 Å². The Bertz CT molecular complexity index is 502. The summed E-state index contributed by atoms with van der Waals surface area (Å²) in [6.45, 7) is 0. The summed E-state index contributed by atoms with van der Waals surface area (Å²) in [4.78, 5) is 0. The molecule has 1 aromatic carbocycles. The lowest BCUT2D eigenvalue weighted by Crippen LogP contribution is -2.07. The summed E-state index contributed by atoms with van der Waals surface area (Å²) < 4.78 is 1.77. The number of rotatable bonds is 4. The minimum atomic E-state index is -0.406. The van der Waals surface area contributed by atoms with Gasteiger partial charge in [-0.2, -0.15) is 0 Å². The minimum Gasteiger partial charge on any atom is -0.390 e. The van der Waals surface area contributed by atoms with E-state index >= 15 is 0 Å². The molecule has 4 nitrogen and oxygen atoms in total. The quantitative estimate of drug-likeness (QED) is 0.868. The first kappa shape index (κ1) is 10.5. The average molecular weight is 229 g/mol. The molecule has 17 heavy (non-hydrogen) atoms. The summed E-state index contributed by atoms with van der Waals surface area (Å²) in [7, 11) is 0. The van der Waals surface area contributed by atoms with Gasteiger partial charge in [-0.25, -0.2) is 4.68 Å². The van der Waals surface area contributed by atoms with Crippen molar-refractivity contribution >= 4 is 0 Å². The Labute approximate surface area is 99.9 Å². The predicted molar refractivity (Wildman–Crippen MR) is 63.9 cm³/mol. The van der Waals surface area contributed by atoms with Gasteiger partial charge in [-0.3, -0.25) is 0 Å². The van der Waals surface area contributed by atoms with Gasteiger partial charge in [0.25, 0.3) is 0 Å². The fourth-order valence-electron chi connectivity index (χ4n) is 1.87. The molecule has 2 aromatic rings. The maximum absolute atomic E-state index is 9.76. The molecule has 1 fully saturated rings. The number of aromatic nitrogens is 3. The highest BCUT2D eigenvalue weighted by atomic mass is 16.3. The third-order valence-electron chi connectivity index (χ3n) is 3.24. The molecule has 4 heteroatoms. The first-order chi connectivity index (χ1) is 8.25. The molecule has 88 valence electrons. The van der Waals surface area contributed by atoms with Crippen LogP contribution in [0.2, 0.25) is 0 Å². The standard InChI is InChI=1S/C13H15N3O/c17-13(8-9-13)7-6-11-10-16(15-14-11)12-4-2-1-3-5-12/h1-5,10,17H,6-9H2. The molecule has 1 aliphatic rings. The molecule has 1 aromatic heterocycles. The summed E-state index contributed by atoms with van der Waals surface area (Å²) in [5.74, 6) is 0. The van der Waals surface area contributed by atoms with Crippen molar-refractivity contribution in [3.63, 3.8) is 0 Å². The van der Waals surface area contributed by atoms with Crippen molar-refractivity contribution in [2.45, 2.75) is 31.3 Å². The number of benzene rings is 1. The number of hydrogen-bond donors (Lipinski definition) is 1. The van der Waals surface area contributed by atoms with Crippen LogP contribution in [0.3, 0.4) is 0 Å². The second-order valence-corrected chi connectivity index (χ2v) is 4.71. The SMILES string of the molecule is OC1(CCc2cn(-c3ccccc3)nn2)CC1. The summed E-state index contributed by atoms with van der Waals surface area (Å²) >= 11 is 0. The zero-order chi connectivity index (χ0) is 11.7. The first-order valence-electron chi connectivity index (χ1n) is 5.94. The van der Waals surface area contributed by atoms with E-state index in [-0.39, 0.29) is 0 Å². The van der Waals surface area contributed by atoms with Gasteiger partial charge in [0.05, 0.1) is 23.2 Å². The molecule has 0 amide bonds. The lowest BCUT2D eigenvalue weighted by atomic mass is 10.1. The van der Waals surface area contributed by atoms with Crippen LogP contribution in [0.5, 0.6) is 0 Å². The number of nitrogens with zero attached hydrogens (tertiary/aromatic N) is 3. The van der Waals surface area contributed by atoms with E-state index in [0.717, 1.165) is 37.1 Å². The summed E-state index contributed by atoms with van der Waals surface area (Å²) in [5.41, 5.74) is 1.54. The topological polar surface area (TPSA) is 50.9 Å². The van der Waals surface area contributed by atoms with E-state index in [9.17, 15) is 5.11 Å². The zero-order valence-corrected chi connectivity index (χ0v) is 9.58. The molecule has 0 atom stereocenters. The van der Waals surface area contributed by atoms with Crippen molar-refractivity contribution < 1.29 is 5.11 Å². The van der Waals surface area contributed by atoms with Gasteiger partial charge in [0.2, 0.25) is 0 Å². The normalized spacial score (nSPS) is 17.0. The summed E-state index contributed by atoms with van der Waals surface area (Å²) in [6.07, 6.45) is 5.38. The number of aliphatic hydroxyl groups is 1. The Hall–Kier alpha value is -1.68. The lowest BCUT2D eigenvalue weighted by molar-refractivity contribution is 0.140. The smallest absolute Gasteiger partial charge is 0.0832 e. The molecular weight excluding hydrogens is 214 g/mol. The highest BCUT2D eigenvalue weighted by Crippen LogP contribution is 2.38. The van der Waals surface area contributed by atoms with Crippen molar-refractivity contribution in [3.8, 4) is 5.69 Å². The molecule has 0 bridgehead atoms. The molecule has 0 radical (unpaired) electrons. The van der Waals surface area contributed by atoms with E-state index in [1.807, 2.05) is 36.5 Å². The minimum absolute atomic E-state index is 0.406. The molecule has 1 aliphatic carbocycles. The highest BCUT2D eigenvalue weighted by molar-refractivity contribution is 5.29. The van der Waals surface area contributed by atoms with Crippen LogP contribution < -0.4 is 0 Å². The molecule has 3 rings (SSSR count). The molecular formula is C13H15N3O. The van der Waals surface area contributed by atoms with Crippen LogP contribution in [-0.4, -0.2) is 25.7 Å². The third-order valence-corrected chi connectivity index (χ3v) is 3.24. The van der Waals surface area contributed by atoms with Crippen LogP contribution in [-0.2, 0) is 6.42 Å². The van der Waals surface area contributed by atoms with Crippen LogP contribution in [0.1, 0.15) is 25.0 Å². The predicted octanol–water partition coefficient (Wildman–Crippen LogP) is 1.72. The van der Waals surface area contributed by atoms with E-state index in [4.69, 9.17) is 0 Å². The van der Waals surface area contributed by atoms with Crippen molar-refractivity contribution in [3.05, 3.63) is 42.2 Å². The van der Waals surface area contributed by atoms with Crippen LogP contribution in [0.4, 0.5) is 0 Å². The largest absolute Gasteiger partial charge is 0.390 e. The monoisotopic (exact) mass is 229 g/mol. The summed E-state index contributed by atoms with van der Waals surface area (Å²) in [6, 6.07) is 9.91. The van der Waals surface area contributed by atoms with Gasteiger partial charge in [0.15, 0.2) is 0 Å². The Morgan fingerprint density at radius 1 is 1.24 bits per heavy atom. The van der Waals surface area contributed by atoms with Crippen LogP contribution >= 0.6 is 0 Å². The fraction of sp³-hybridized carbons (Fsp3) is 0.385. The van der Waals surface area contributed by atoms with Gasteiger partial charge in [-0.15, -0.1) is 5.10 Å². The van der Waals surface area contributed by atoms with Gasteiger partial charge < -0.3 is 5.11 Å². The first-order valence-corrected chi connectivity index (χ1v) is 5.94. The van der Waals surface area contributed by atoms with E-state index in [1.54, 1.807) is 4.68 Å². The van der Waals surface area contributed by atoms with Crippen molar-refractivity contribution in [1.29, 1.82) is 0 Å². The van der Waals surface area contributed by atoms with Gasteiger partial charge in [-0.05, 0) is 37.8 Å². The van der Waals surface area contributed by atoms with Gasteiger partial charge in [0, 0.05) is 0 Å². The number of hydrogen-bond acceptors (Lipinski definition) is 3. The molecule has 0 aliphatic heterocycles. The molecule has 1 heterocycles. The second-order valence-electron chi connectivity index (χ2n) is 4.71. The Kier molecular flexibility index (Phi) is 2.44. The van der Waals surface area contributed by atoms with Crippen molar-refractivity contribution in [2.75, 3.05) is 0 Å². The van der Waals surface area contributed by atoms with E-state index < -0.39 is 5.60 Å². The van der Waals surface area contributed by atoms with Gasteiger partial charge in [0.1, 0.15) is 0 Å². The number of para-hydroxylation sites is 1. The third kappa shape index (κ3) is 2.36. The molecule has 1 N–H and O–H groups in total. The van der Waals surface area contributed by atoms with E-state index in [2.05, 4.69) is 10.3 Å².